The van der Waals surface area contributed by atoms with E-state index in [0.29, 0.717) is 11.3 Å². The van der Waals surface area contributed by atoms with Crippen LogP contribution in [0.4, 0.5) is 11.4 Å². The zero-order chi connectivity index (χ0) is 19.4. The molecule has 0 aliphatic heterocycles. The molecule has 0 aliphatic carbocycles. The number of anilines is 2. The first kappa shape index (κ1) is 18.7. The number of carbonyl (C=O) groups excluding carboxylic acids is 1. The second-order valence-electron chi connectivity index (χ2n) is 6.10. The van der Waals surface area contributed by atoms with Gasteiger partial charge in [-0.05, 0) is 48.9 Å². The van der Waals surface area contributed by atoms with Gasteiger partial charge in [0.15, 0.2) is 0 Å². The van der Waals surface area contributed by atoms with Crippen molar-refractivity contribution in [3.05, 3.63) is 90.0 Å². The summed E-state index contributed by atoms with van der Waals surface area (Å²) >= 11 is 0. The summed E-state index contributed by atoms with van der Waals surface area (Å²) in [5, 5.41) is 2.86. The number of hydrogen-bond acceptors (Lipinski definition) is 3. The van der Waals surface area contributed by atoms with Gasteiger partial charge in [-0.15, -0.1) is 0 Å². The second-order valence-corrected chi connectivity index (χ2v) is 8.07. The lowest BCUT2D eigenvalue weighted by molar-refractivity contribution is 0.102. The summed E-state index contributed by atoms with van der Waals surface area (Å²) in [7, 11) is -2.23. The molecule has 3 rings (SSSR count). The lowest BCUT2D eigenvalue weighted by Gasteiger charge is -2.20. The first-order valence-corrected chi connectivity index (χ1v) is 9.84. The minimum absolute atomic E-state index is 0.197. The van der Waals surface area contributed by atoms with Crippen LogP contribution >= 0.6 is 0 Å². The highest BCUT2D eigenvalue weighted by atomic mass is 32.2. The van der Waals surface area contributed by atoms with Gasteiger partial charge >= 0.3 is 0 Å². The van der Waals surface area contributed by atoms with E-state index in [-0.39, 0.29) is 10.8 Å². The number of amides is 1. The molecular formula is C21H20N2O3S. The Balaban J connectivity index is 1.87. The molecule has 0 heterocycles. The molecule has 0 saturated carbocycles. The van der Waals surface area contributed by atoms with Crippen LogP contribution in [0.15, 0.2) is 83.8 Å². The fraction of sp³-hybridized carbons (Fsp3) is 0.0952. The highest BCUT2D eigenvalue weighted by molar-refractivity contribution is 7.92. The van der Waals surface area contributed by atoms with Gasteiger partial charge in [0, 0.05) is 18.3 Å². The fourth-order valence-corrected chi connectivity index (χ4v) is 3.85. The topological polar surface area (TPSA) is 66.5 Å². The van der Waals surface area contributed by atoms with Crippen LogP contribution in [0.3, 0.4) is 0 Å². The SMILES string of the molecule is Cc1ccccc1NC(=O)c1cccc(N(C)S(=O)(=O)c2ccccc2)c1. The number of nitrogens with one attached hydrogen (secondary N) is 1. The summed E-state index contributed by atoms with van der Waals surface area (Å²) < 4.78 is 26.7. The van der Waals surface area contributed by atoms with E-state index in [1.807, 2.05) is 31.2 Å². The van der Waals surface area contributed by atoms with Crippen molar-refractivity contribution in [1.29, 1.82) is 0 Å². The van der Waals surface area contributed by atoms with Crippen LogP contribution in [-0.4, -0.2) is 21.4 Å². The third-order valence-electron chi connectivity index (χ3n) is 4.27. The predicted molar refractivity (Wildman–Crippen MR) is 108 cm³/mol. The molecule has 0 saturated heterocycles. The zero-order valence-corrected chi connectivity index (χ0v) is 15.9. The molecule has 0 aromatic heterocycles. The van der Waals surface area contributed by atoms with Gasteiger partial charge in [0.25, 0.3) is 15.9 Å². The van der Waals surface area contributed by atoms with Crippen molar-refractivity contribution in [1.82, 2.24) is 0 Å². The number of aryl methyl sites for hydroxylation is 1. The highest BCUT2D eigenvalue weighted by Crippen LogP contribution is 2.23. The molecule has 0 radical (unpaired) electrons. The average molecular weight is 380 g/mol. The van der Waals surface area contributed by atoms with Crippen molar-refractivity contribution < 1.29 is 13.2 Å². The number of hydrogen-bond donors (Lipinski definition) is 1. The first-order chi connectivity index (χ1) is 12.9. The maximum Gasteiger partial charge on any atom is 0.264 e. The van der Waals surface area contributed by atoms with E-state index in [0.717, 1.165) is 11.3 Å². The van der Waals surface area contributed by atoms with Crippen molar-refractivity contribution in [3.8, 4) is 0 Å². The number of sulfonamides is 1. The van der Waals surface area contributed by atoms with Crippen LogP contribution in [0.2, 0.25) is 0 Å². The molecule has 138 valence electrons. The Bertz CT molecular complexity index is 1060. The quantitative estimate of drug-likeness (QED) is 0.725. The molecule has 3 aromatic rings. The molecule has 0 fully saturated rings. The molecule has 6 heteroatoms. The summed E-state index contributed by atoms with van der Waals surface area (Å²) in [6, 6.07) is 22.2. The van der Waals surface area contributed by atoms with Crippen LogP contribution in [0, 0.1) is 6.92 Å². The van der Waals surface area contributed by atoms with Crippen molar-refractivity contribution in [2.24, 2.45) is 0 Å². The summed E-state index contributed by atoms with van der Waals surface area (Å²) in [6.45, 7) is 1.91. The van der Waals surface area contributed by atoms with Crippen LogP contribution in [0.25, 0.3) is 0 Å². The standard InChI is InChI=1S/C21H20N2O3S/c1-16-9-6-7-14-20(16)22-21(24)17-10-8-11-18(15-17)23(2)27(25,26)19-12-4-3-5-13-19/h3-15H,1-2H3,(H,22,24). The van der Waals surface area contributed by atoms with E-state index >= 15 is 0 Å². The minimum Gasteiger partial charge on any atom is -0.322 e. The van der Waals surface area contributed by atoms with Gasteiger partial charge in [0.1, 0.15) is 0 Å². The molecule has 0 unspecified atom stereocenters. The lowest BCUT2D eigenvalue weighted by Crippen LogP contribution is -2.26. The summed E-state index contributed by atoms with van der Waals surface area (Å²) in [5.74, 6) is -0.295. The van der Waals surface area contributed by atoms with Gasteiger partial charge in [0.2, 0.25) is 0 Å². The third kappa shape index (κ3) is 4.01. The minimum atomic E-state index is -3.70. The molecule has 27 heavy (non-hydrogen) atoms. The van der Waals surface area contributed by atoms with Gasteiger partial charge in [-0.2, -0.15) is 0 Å². The number of rotatable bonds is 5. The van der Waals surface area contributed by atoms with Crippen molar-refractivity contribution in [2.75, 3.05) is 16.7 Å². The van der Waals surface area contributed by atoms with Crippen LogP contribution in [0.1, 0.15) is 15.9 Å². The summed E-state index contributed by atoms with van der Waals surface area (Å²) in [5.41, 5.74) is 2.46. The Morgan fingerprint density at radius 3 is 2.26 bits per heavy atom. The molecule has 3 aromatic carbocycles. The maximum atomic E-state index is 12.8. The van der Waals surface area contributed by atoms with E-state index in [4.69, 9.17) is 0 Å². The van der Waals surface area contributed by atoms with Crippen LogP contribution in [-0.2, 0) is 10.0 Å². The molecule has 0 aliphatic rings. The van der Waals surface area contributed by atoms with E-state index in [9.17, 15) is 13.2 Å². The normalized spacial score (nSPS) is 11.0. The lowest BCUT2D eigenvalue weighted by atomic mass is 10.1. The Hall–Kier alpha value is -3.12. The average Bonchev–Trinajstić information content (AvgIpc) is 2.70. The van der Waals surface area contributed by atoms with Crippen LogP contribution in [0.5, 0.6) is 0 Å². The Morgan fingerprint density at radius 1 is 0.889 bits per heavy atom. The van der Waals surface area contributed by atoms with Gasteiger partial charge in [-0.1, -0.05) is 42.5 Å². The molecule has 0 bridgehead atoms. The predicted octanol–water partition coefficient (Wildman–Crippen LogP) is 4.07. The monoisotopic (exact) mass is 380 g/mol. The number of para-hydroxylation sites is 1. The van der Waals surface area contributed by atoms with Crippen LogP contribution < -0.4 is 9.62 Å². The Kier molecular flexibility index (Phi) is 5.28. The van der Waals surface area contributed by atoms with E-state index in [1.165, 1.54) is 11.4 Å². The van der Waals surface area contributed by atoms with Gasteiger partial charge in [0.05, 0.1) is 10.6 Å². The number of carbonyl (C=O) groups is 1. The Morgan fingerprint density at radius 2 is 1.56 bits per heavy atom. The first-order valence-electron chi connectivity index (χ1n) is 8.40. The van der Waals surface area contributed by atoms with Crippen molar-refractivity contribution in [2.45, 2.75) is 11.8 Å². The smallest absolute Gasteiger partial charge is 0.264 e. The molecule has 5 nitrogen and oxygen atoms in total. The van der Waals surface area contributed by atoms with E-state index in [1.54, 1.807) is 54.6 Å². The number of nitrogens with zero attached hydrogens (tertiary/aromatic N) is 1. The van der Waals surface area contributed by atoms with Crippen molar-refractivity contribution in [3.63, 3.8) is 0 Å². The molecule has 1 N–H and O–H groups in total. The van der Waals surface area contributed by atoms with Crippen molar-refractivity contribution >= 4 is 27.3 Å². The fourth-order valence-electron chi connectivity index (χ4n) is 2.64. The molecule has 1 amide bonds. The summed E-state index contributed by atoms with van der Waals surface area (Å²) in [4.78, 5) is 12.8. The highest BCUT2D eigenvalue weighted by Gasteiger charge is 2.21. The van der Waals surface area contributed by atoms with Gasteiger partial charge in [-0.25, -0.2) is 8.42 Å². The van der Waals surface area contributed by atoms with Gasteiger partial charge < -0.3 is 5.32 Å². The largest absolute Gasteiger partial charge is 0.322 e. The van der Waals surface area contributed by atoms with E-state index in [2.05, 4.69) is 5.32 Å². The second kappa shape index (κ2) is 7.63. The molecule has 0 spiro atoms. The molecule has 0 atom stereocenters. The number of benzene rings is 3. The van der Waals surface area contributed by atoms with Gasteiger partial charge in [-0.3, -0.25) is 9.10 Å². The summed E-state index contributed by atoms with van der Waals surface area (Å²) in [6.07, 6.45) is 0. The maximum absolute atomic E-state index is 12.8. The third-order valence-corrected chi connectivity index (χ3v) is 6.07. The Labute approximate surface area is 159 Å². The molecular weight excluding hydrogens is 360 g/mol. The zero-order valence-electron chi connectivity index (χ0n) is 15.1. The van der Waals surface area contributed by atoms with E-state index < -0.39 is 10.0 Å².